The average molecular weight is 210 g/mol. The number of carbonyl (C=O) groups excluding carboxylic acids is 1. The van der Waals surface area contributed by atoms with Crippen LogP contribution in [0.1, 0.15) is 32.6 Å². The van der Waals surface area contributed by atoms with Crippen molar-refractivity contribution in [2.45, 2.75) is 38.6 Å². The van der Waals surface area contributed by atoms with E-state index in [4.69, 9.17) is 5.73 Å². The fourth-order valence-electron chi connectivity index (χ4n) is 3.39. The summed E-state index contributed by atoms with van der Waals surface area (Å²) >= 11 is 0. The van der Waals surface area contributed by atoms with Crippen molar-refractivity contribution in [3.63, 3.8) is 0 Å². The molecular formula is C12H22N2O. The maximum atomic E-state index is 11.6. The molecule has 4 atom stereocenters. The first-order valence-corrected chi connectivity index (χ1v) is 6.08. The molecule has 2 saturated carbocycles. The Labute approximate surface area is 92.0 Å². The summed E-state index contributed by atoms with van der Waals surface area (Å²) in [6, 6.07) is -0.353. The number of rotatable bonds is 3. The molecule has 2 fully saturated rings. The summed E-state index contributed by atoms with van der Waals surface area (Å²) in [7, 11) is 1.89. The number of likely N-dealkylation sites (N-methyl/N-ethyl adjacent to an activating group) is 1. The predicted molar refractivity (Wildman–Crippen MR) is 60.2 cm³/mol. The van der Waals surface area contributed by atoms with Gasteiger partial charge in [0.2, 0.25) is 5.91 Å². The molecule has 2 N–H and O–H groups in total. The molecular weight excluding hydrogens is 188 g/mol. The maximum absolute atomic E-state index is 11.6. The fourth-order valence-corrected chi connectivity index (χ4v) is 3.39. The van der Waals surface area contributed by atoms with Gasteiger partial charge in [0.15, 0.2) is 0 Å². The Kier molecular flexibility index (Phi) is 3.01. The summed E-state index contributed by atoms with van der Waals surface area (Å²) in [6.45, 7) is 2.68. The highest BCUT2D eigenvalue weighted by molar-refractivity contribution is 5.80. The van der Waals surface area contributed by atoms with Crippen LogP contribution in [0.15, 0.2) is 0 Å². The minimum atomic E-state index is -0.353. The van der Waals surface area contributed by atoms with E-state index in [1.165, 1.54) is 25.7 Å². The van der Waals surface area contributed by atoms with Gasteiger partial charge in [-0.3, -0.25) is 4.79 Å². The molecule has 3 unspecified atom stereocenters. The zero-order valence-electron chi connectivity index (χ0n) is 9.78. The third kappa shape index (κ3) is 2.17. The topological polar surface area (TPSA) is 46.3 Å². The molecule has 0 aromatic heterocycles. The number of nitrogens with two attached hydrogens (primary N) is 1. The smallest absolute Gasteiger partial charge is 0.238 e. The standard InChI is InChI=1S/C12H22N2O/c1-8(13)12(15)14(2)7-11-6-9-3-4-10(11)5-9/h8-11H,3-7,13H2,1-2H3/t8-,9?,10?,11?/m0/s1. The summed E-state index contributed by atoms with van der Waals surface area (Å²) in [4.78, 5) is 13.5. The van der Waals surface area contributed by atoms with Gasteiger partial charge in [-0.15, -0.1) is 0 Å². The Morgan fingerprint density at radius 1 is 1.47 bits per heavy atom. The Morgan fingerprint density at radius 2 is 2.20 bits per heavy atom. The van der Waals surface area contributed by atoms with Gasteiger partial charge < -0.3 is 10.6 Å². The molecule has 0 saturated heterocycles. The quantitative estimate of drug-likeness (QED) is 0.761. The van der Waals surface area contributed by atoms with Crippen LogP contribution in [0.2, 0.25) is 0 Å². The van der Waals surface area contributed by atoms with Gasteiger partial charge in [-0.2, -0.15) is 0 Å². The second kappa shape index (κ2) is 4.12. The van der Waals surface area contributed by atoms with Crippen LogP contribution in [0.4, 0.5) is 0 Å². The second-order valence-corrected chi connectivity index (χ2v) is 5.44. The van der Waals surface area contributed by atoms with Crippen LogP contribution in [-0.4, -0.2) is 30.4 Å². The number of hydrogen-bond donors (Lipinski definition) is 1. The van der Waals surface area contributed by atoms with E-state index in [2.05, 4.69) is 0 Å². The molecule has 3 nitrogen and oxygen atoms in total. The molecule has 0 heterocycles. The molecule has 15 heavy (non-hydrogen) atoms. The summed E-state index contributed by atoms with van der Waals surface area (Å²) in [6.07, 6.45) is 5.55. The van der Waals surface area contributed by atoms with E-state index in [0.29, 0.717) is 0 Å². The summed E-state index contributed by atoms with van der Waals surface area (Å²) in [5.41, 5.74) is 5.60. The molecule has 2 aliphatic carbocycles. The highest BCUT2D eigenvalue weighted by Gasteiger charge is 2.40. The van der Waals surface area contributed by atoms with Gasteiger partial charge in [0.1, 0.15) is 0 Å². The van der Waals surface area contributed by atoms with Crippen molar-refractivity contribution in [3.05, 3.63) is 0 Å². The van der Waals surface area contributed by atoms with Crippen molar-refractivity contribution in [1.82, 2.24) is 4.90 Å². The van der Waals surface area contributed by atoms with Crippen LogP contribution in [-0.2, 0) is 4.79 Å². The molecule has 2 bridgehead atoms. The van der Waals surface area contributed by atoms with Crippen molar-refractivity contribution in [1.29, 1.82) is 0 Å². The highest BCUT2D eigenvalue weighted by Crippen LogP contribution is 2.48. The van der Waals surface area contributed by atoms with E-state index in [0.717, 1.165) is 24.3 Å². The van der Waals surface area contributed by atoms with E-state index in [9.17, 15) is 4.79 Å². The number of fused-ring (bicyclic) bond motifs is 2. The molecule has 0 spiro atoms. The van der Waals surface area contributed by atoms with Crippen LogP contribution >= 0.6 is 0 Å². The monoisotopic (exact) mass is 210 g/mol. The van der Waals surface area contributed by atoms with Crippen LogP contribution in [0.25, 0.3) is 0 Å². The zero-order chi connectivity index (χ0) is 11.0. The lowest BCUT2D eigenvalue weighted by molar-refractivity contribution is -0.131. The molecule has 3 heteroatoms. The lowest BCUT2D eigenvalue weighted by Crippen LogP contribution is -2.42. The Hall–Kier alpha value is -0.570. The van der Waals surface area contributed by atoms with Gasteiger partial charge in [0, 0.05) is 13.6 Å². The lowest BCUT2D eigenvalue weighted by Gasteiger charge is -2.28. The van der Waals surface area contributed by atoms with Gasteiger partial charge in [0.25, 0.3) is 0 Å². The molecule has 2 rings (SSSR count). The Bertz CT molecular complexity index is 252. The first-order chi connectivity index (χ1) is 7.08. The minimum Gasteiger partial charge on any atom is -0.344 e. The van der Waals surface area contributed by atoms with Gasteiger partial charge in [-0.25, -0.2) is 0 Å². The third-order valence-electron chi connectivity index (χ3n) is 4.16. The van der Waals surface area contributed by atoms with Crippen LogP contribution < -0.4 is 5.73 Å². The minimum absolute atomic E-state index is 0.0813. The lowest BCUT2D eigenvalue weighted by atomic mass is 9.88. The van der Waals surface area contributed by atoms with Crippen molar-refractivity contribution in [2.75, 3.05) is 13.6 Å². The summed E-state index contributed by atoms with van der Waals surface area (Å²) in [5, 5.41) is 0. The van der Waals surface area contributed by atoms with E-state index in [1.807, 2.05) is 11.9 Å². The van der Waals surface area contributed by atoms with E-state index in [-0.39, 0.29) is 11.9 Å². The Balaban J connectivity index is 1.84. The highest BCUT2D eigenvalue weighted by atomic mass is 16.2. The average Bonchev–Trinajstić information content (AvgIpc) is 2.77. The molecule has 1 amide bonds. The fraction of sp³-hybridized carbons (Fsp3) is 0.917. The zero-order valence-corrected chi connectivity index (χ0v) is 9.78. The van der Waals surface area contributed by atoms with Gasteiger partial charge >= 0.3 is 0 Å². The summed E-state index contributed by atoms with van der Waals surface area (Å²) < 4.78 is 0. The molecule has 0 aromatic carbocycles. The van der Waals surface area contributed by atoms with Gasteiger partial charge in [-0.1, -0.05) is 6.42 Å². The first kappa shape index (κ1) is 10.9. The molecule has 2 aliphatic rings. The normalized spacial score (nSPS) is 35.5. The van der Waals surface area contributed by atoms with Crippen molar-refractivity contribution < 1.29 is 4.79 Å². The SMILES string of the molecule is C[C@H](N)C(=O)N(C)CC1CC2CCC1C2. The van der Waals surface area contributed by atoms with Gasteiger partial charge in [-0.05, 0) is 43.9 Å². The molecule has 0 aliphatic heterocycles. The molecule has 0 aromatic rings. The van der Waals surface area contributed by atoms with Crippen LogP contribution in [0, 0.1) is 17.8 Å². The largest absolute Gasteiger partial charge is 0.344 e. The van der Waals surface area contributed by atoms with Crippen molar-refractivity contribution >= 4 is 5.91 Å². The van der Waals surface area contributed by atoms with Gasteiger partial charge in [0.05, 0.1) is 6.04 Å². The van der Waals surface area contributed by atoms with Crippen molar-refractivity contribution in [2.24, 2.45) is 23.5 Å². The summed E-state index contributed by atoms with van der Waals surface area (Å²) in [5.74, 6) is 2.67. The third-order valence-corrected chi connectivity index (χ3v) is 4.16. The van der Waals surface area contributed by atoms with E-state index in [1.54, 1.807) is 6.92 Å². The Morgan fingerprint density at radius 3 is 2.67 bits per heavy atom. The first-order valence-electron chi connectivity index (χ1n) is 6.08. The molecule has 86 valence electrons. The van der Waals surface area contributed by atoms with Crippen LogP contribution in [0.3, 0.4) is 0 Å². The van der Waals surface area contributed by atoms with E-state index < -0.39 is 0 Å². The predicted octanol–water partition coefficient (Wildman–Crippen LogP) is 1.23. The number of carbonyl (C=O) groups is 1. The number of nitrogens with zero attached hydrogens (tertiary/aromatic N) is 1. The van der Waals surface area contributed by atoms with Crippen LogP contribution in [0.5, 0.6) is 0 Å². The van der Waals surface area contributed by atoms with Crippen molar-refractivity contribution in [3.8, 4) is 0 Å². The molecule has 0 radical (unpaired) electrons. The number of amides is 1. The second-order valence-electron chi connectivity index (χ2n) is 5.44. The maximum Gasteiger partial charge on any atom is 0.238 e. The number of hydrogen-bond acceptors (Lipinski definition) is 2. The van der Waals surface area contributed by atoms with E-state index >= 15 is 0 Å².